The molecular weight excluding hydrogens is 328 g/mol. The smallest absolute Gasteiger partial charge is 0.410 e. The van der Waals surface area contributed by atoms with Crippen LogP contribution in [0.2, 0.25) is 0 Å². The van der Waals surface area contributed by atoms with Crippen molar-refractivity contribution < 1.29 is 14.3 Å². The van der Waals surface area contributed by atoms with Gasteiger partial charge in [-0.1, -0.05) is 27.7 Å². The minimum atomic E-state index is -0.444. The number of likely N-dealkylation sites (tertiary alicyclic amines) is 1. The Morgan fingerprint density at radius 2 is 1.69 bits per heavy atom. The van der Waals surface area contributed by atoms with Crippen molar-refractivity contribution in [1.82, 2.24) is 10.2 Å². The van der Waals surface area contributed by atoms with Gasteiger partial charge in [0, 0.05) is 25.6 Å². The van der Waals surface area contributed by atoms with Gasteiger partial charge in [0.2, 0.25) is 5.91 Å². The Kier molecular flexibility index (Phi) is 5.99. The molecule has 2 fully saturated rings. The molecule has 2 aliphatic rings. The van der Waals surface area contributed by atoms with E-state index in [4.69, 9.17) is 4.74 Å². The summed E-state index contributed by atoms with van der Waals surface area (Å²) in [6, 6.07) is 0.285. The standard InChI is InChI=1S/C21H38N2O3/c1-19(2,3)26-18(25)23-13-10-15(14-23)20(4,5)11-12-21(6,7)16-8-9-17(24)22-16/h15-16H,8-14H2,1-7H3,(H,22,24). The van der Waals surface area contributed by atoms with Crippen molar-refractivity contribution in [3.8, 4) is 0 Å². The first kappa shape index (κ1) is 21.0. The molecule has 2 unspecified atom stereocenters. The molecule has 0 saturated carbocycles. The minimum Gasteiger partial charge on any atom is -0.444 e. The summed E-state index contributed by atoms with van der Waals surface area (Å²) < 4.78 is 5.52. The summed E-state index contributed by atoms with van der Waals surface area (Å²) in [7, 11) is 0. The van der Waals surface area contributed by atoms with E-state index in [0.717, 1.165) is 38.8 Å². The summed E-state index contributed by atoms with van der Waals surface area (Å²) in [6.07, 6.45) is 4.62. The lowest BCUT2D eigenvalue weighted by Crippen LogP contribution is -2.40. The van der Waals surface area contributed by atoms with Crippen molar-refractivity contribution in [1.29, 1.82) is 0 Å². The predicted octanol–water partition coefficient (Wildman–Crippen LogP) is 4.35. The number of nitrogens with zero attached hydrogens (tertiary/aromatic N) is 1. The van der Waals surface area contributed by atoms with E-state index in [1.54, 1.807) is 0 Å². The molecule has 150 valence electrons. The van der Waals surface area contributed by atoms with E-state index in [-0.39, 0.29) is 28.9 Å². The van der Waals surface area contributed by atoms with E-state index in [1.807, 2.05) is 25.7 Å². The Morgan fingerprint density at radius 3 is 2.23 bits per heavy atom. The van der Waals surface area contributed by atoms with Gasteiger partial charge in [-0.3, -0.25) is 4.79 Å². The van der Waals surface area contributed by atoms with Gasteiger partial charge in [-0.2, -0.15) is 0 Å². The first-order chi connectivity index (χ1) is 11.8. The van der Waals surface area contributed by atoms with Gasteiger partial charge in [0.15, 0.2) is 0 Å². The van der Waals surface area contributed by atoms with Crippen molar-refractivity contribution in [3.63, 3.8) is 0 Å². The number of rotatable bonds is 5. The third-order valence-corrected chi connectivity index (χ3v) is 6.30. The molecule has 0 radical (unpaired) electrons. The minimum absolute atomic E-state index is 0.104. The summed E-state index contributed by atoms with van der Waals surface area (Å²) in [5.74, 6) is 0.676. The van der Waals surface area contributed by atoms with Crippen LogP contribution in [0.4, 0.5) is 4.79 Å². The second kappa shape index (κ2) is 7.40. The van der Waals surface area contributed by atoms with E-state index >= 15 is 0 Å². The number of ether oxygens (including phenoxy) is 1. The third-order valence-electron chi connectivity index (χ3n) is 6.30. The largest absolute Gasteiger partial charge is 0.444 e. The summed E-state index contributed by atoms with van der Waals surface area (Å²) in [5, 5.41) is 3.14. The summed E-state index contributed by atoms with van der Waals surface area (Å²) >= 11 is 0. The second-order valence-corrected chi connectivity index (χ2v) is 10.5. The lowest BCUT2D eigenvalue weighted by atomic mass is 9.69. The molecule has 2 rings (SSSR count). The summed E-state index contributed by atoms with van der Waals surface area (Å²) in [5.41, 5.74) is -0.177. The van der Waals surface area contributed by atoms with Gasteiger partial charge in [-0.05, 0) is 63.2 Å². The third kappa shape index (κ3) is 5.37. The highest BCUT2D eigenvalue weighted by Gasteiger charge is 2.41. The van der Waals surface area contributed by atoms with E-state index in [9.17, 15) is 9.59 Å². The molecule has 2 aliphatic heterocycles. The van der Waals surface area contributed by atoms with Crippen LogP contribution in [0.15, 0.2) is 0 Å². The molecule has 26 heavy (non-hydrogen) atoms. The van der Waals surface area contributed by atoms with E-state index in [1.165, 1.54) is 0 Å². The first-order valence-corrected chi connectivity index (χ1v) is 10.1. The molecule has 0 aliphatic carbocycles. The zero-order valence-electron chi connectivity index (χ0n) is 17.8. The summed E-state index contributed by atoms with van der Waals surface area (Å²) in [4.78, 5) is 25.7. The Hall–Kier alpha value is -1.26. The predicted molar refractivity (Wildman–Crippen MR) is 104 cm³/mol. The average molecular weight is 367 g/mol. The van der Waals surface area contributed by atoms with Gasteiger partial charge in [-0.15, -0.1) is 0 Å². The van der Waals surface area contributed by atoms with Gasteiger partial charge in [0.25, 0.3) is 0 Å². The molecular formula is C21H38N2O3. The molecule has 0 aromatic carbocycles. The number of carbonyl (C=O) groups excluding carboxylic acids is 2. The Balaban J connectivity index is 1.88. The van der Waals surface area contributed by atoms with Crippen LogP contribution >= 0.6 is 0 Å². The van der Waals surface area contributed by atoms with Crippen molar-refractivity contribution in [3.05, 3.63) is 0 Å². The lowest BCUT2D eigenvalue weighted by molar-refractivity contribution is -0.119. The summed E-state index contributed by atoms with van der Waals surface area (Å²) in [6.45, 7) is 16.5. The van der Waals surface area contributed by atoms with E-state index < -0.39 is 5.60 Å². The number of carbonyl (C=O) groups is 2. The molecule has 2 saturated heterocycles. The fourth-order valence-electron chi connectivity index (χ4n) is 4.11. The maximum atomic E-state index is 12.3. The maximum absolute atomic E-state index is 12.3. The van der Waals surface area contributed by atoms with Gasteiger partial charge in [0.1, 0.15) is 5.60 Å². The zero-order chi connectivity index (χ0) is 19.8. The monoisotopic (exact) mass is 366 g/mol. The van der Waals surface area contributed by atoms with Crippen LogP contribution in [0.3, 0.4) is 0 Å². The first-order valence-electron chi connectivity index (χ1n) is 10.1. The number of amides is 2. The van der Waals surface area contributed by atoms with Crippen molar-refractivity contribution in [2.24, 2.45) is 16.7 Å². The molecule has 1 N–H and O–H groups in total. The van der Waals surface area contributed by atoms with Crippen molar-refractivity contribution in [2.45, 2.75) is 92.2 Å². The molecule has 2 amide bonds. The fraction of sp³-hybridized carbons (Fsp3) is 0.905. The molecule has 0 aromatic rings. The van der Waals surface area contributed by atoms with E-state index in [0.29, 0.717) is 12.3 Å². The molecule has 5 nitrogen and oxygen atoms in total. The van der Waals surface area contributed by atoms with Crippen LogP contribution in [-0.4, -0.2) is 41.6 Å². The molecule has 2 heterocycles. The van der Waals surface area contributed by atoms with Gasteiger partial charge in [-0.25, -0.2) is 4.79 Å². The van der Waals surface area contributed by atoms with Crippen LogP contribution in [0, 0.1) is 16.7 Å². The number of nitrogens with one attached hydrogen (secondary N) is 1. The van der Waals surface area contributed by atoms with Gasteiger partial charge < -0.3 is 15.0 Å². The van der Waals surface area contributed by atoms with Gasteiger partial charge in [0.05, 0.1) is 0 Å². The Morgan fingerprint density at radius 1 is 1.08 bits per heavy atom. The SMILES string of the molecule is CC(C)(C)OC(=O)N1CCC(C(C)(C)CCC(C)(C)C2CCC(=O)N2)C1. The zero-order valence-corrected chi connectivity index (χ0v) is 17.8. The van der Waals surface area contributed by atoms with Crippen molar-refractivity contribution in [2.75, 3.05) is 13.1 Å². The topological polar surface area (TPSA) is 58.6 Å². The van der Waals surface area contributed by atoms with Crippen LogP contribution in [-0.2, 0) is 9.53 Å². The molecule has 0 spiro atoms. The molecule has 0 aromatic heterocycles. The Labute approximate surface area is 159 Å². The van der Waals surface area contributed by atoms with Crippen LogP contribution in [0.25, 0.3) is 0 Å². The molecule has 2 atom stereocenters. The highest BCUT2D eigenvalue weighted by atomic mass is 16.6. The van der Waals surface area contributed by atoms with E-state index in [2.05, 4.69) is 33.0 Å². The quantitative estimate of drug-likeness (QED) is 0.787. The van der Waals surface area contributed by atoms with Crippen LogP contribution < -0.4 is 5.32 Å². The fourth-order valence-corrected chi connectivity index (χ4v) is 4.11. The molecule has 5 heteroatoms. The van der Waals surface area contributed by atoms with Crippen molar-refractivity contribution >= 4 is 12.0 Å². The average Bonchev–Trinajstić information content (AvgIpc) is 3.13. The maximum Gasteiger partial charge on any atom is 0.410 e. The van der Waals surface area contributed by atoms with Crippen LogP contribution in [0.1, 0.15) is 80.6 Å². The van der Waals surface area contributed by atoms with Gasteiger partial charge >= 0.3 is 6.09 Å². The highest BCUT2D eigenvalue weighted by Crippen LogP contribution is 2.42. The second-order valence-electron chi connectivity index (χ2n) is 10.5. The Bertz CT molecular complexity index is 534. The lowest BCUT2D eigenvalue weighted by Gasteiger charge is -2.38. The normalized spacial score (nSPS) is 24.7. The number of hydrogen-bond acceptors (Lipinski definition) is 3. The molecule has 0 bridgehead atoms. The highest BCUT2D eigenvalue weighted by molar-refractivity contribution is 5.78. The van der Waals surface area contributed by atoms with Crippen LogP contribution in [0.5, 0.6) is 0 Å². The number of hydrogen-bond donors (Lipinski definition) is 1.